The molecule has 0 saturated carbocycles. The number of H-pyrrole nitrogens is 6. The van der Waals surface area contributed by atoms with E-state index in [1.54, 1.807) is 22.7 Å². The number of aromatic amines is 6. The number of thiophene rings is 4. The number of ether oxygens (including phenoxy) is 11. The molecular formula is C117H144N10O12S7Se. The molecule has 20 heterocycles. The first-order chi connectivity index (χ1) is 70.5. The number of imidazole rings is 2. The maximum Gasteiger partial charge on any atom is 0.175 e. The van der Waals surface area contributed by atoms with Gasteiger partial charge >= 0.3 is 71.4 Å². The molecule has 0 aliphatic carbocycles. The van der Waals surface area contributed by atoms with Crippen molar-refractivity contribution in [2.45, 2.75) is 207 Å². The van der Waals surface area contributed by atoms with E-state index in [0.29, 0.717) is 54.1 Å². The van der Waals surface area contributed by atoms with Crippen molar-refractivity contribution in [3.63, 3.8) is 0 Å². The Bertz CT molecular complexity index is 6480. The Hall–Kier alpha value is -11.4. The van der Waals surface area contributed by atoms with Gasteiger partial charge in [0, 0.05) is 139 Å². The zero-order valence-electron chi connectivity index (χ0n) is 90.3. The van der Waals surface area contributed by atoms with Crippen LogP contribution in [0.1, 0.15) is 153 Å². The first-order valence-electron chi connectivity index (χ1n) is 49.9. The van der Waals surface area contributed by atoms with Gasteiger partial charge in [-0.05, 0) is 272 Å². The van der Waals surface area contributed by atoms with Gasteiger partial charge in [0.1, 0.15) is 55.3 Å². The number of nitrogens with one attached hydrogen (secondary N) is 6. The van der Waals surface area contributed by atoms with Crippen molar-refractivity contribution in [1.29, 1.82) is 0 Å². The fourth-order valence-electron chi connectivity index (χ4n) is 16.9. The summed E-state index contributed by atoms with van der Waals surface area (Å²) in [5, 5.41) is 0. The largest absolute Gasteiger partial charge is 0.490 e. The number of hydrogen-bond acceptors (Lipinski definition) is 23. The maximum absolute atomic E-state index is 5.59. The Kier molecular flexibility index (Phi) is 41.5. The van der Waals surface area contributed by atoms with Crippen molar-refractivity contribution < 1.29 is 56.5 Å². The van der Waals surface area contributed by atoms with Crippen LogP contribution >= 0.6 is 80.6 Å². The van der Waals surface area contributed by atoms with Gasteiger partial charge in [-0.25, -0.2) is 9.97 Å². The van der Waals surface area contributed by atoms with Gasteiger partial charge in [0.25, 0.3) is 0 Å². The van der Waals surface area contributed by atoms with Crippen LogP contribution in [0.25, 0.3) is 44.6 Å². The van der Waals surface area contributed by atoms with Crippen LogP contribution in [0.15, 0.2) is 164 Å². The molecule has 782 valence electrons. The van der Waals surface area contributed by atoms with Crippen LogP contribution in [-0.2, 0) is 6.42 Å². The number of hydrogen-bond donors (Lipinski definition) is 6. The van der Waals surface area contributed by atoms with Gasteiger partial charge in [-0.2, -0.15) is 0 Å². The summed E-state index contributed by atoms with van der Waals surface area (Å²) in [5.74, 6) is 18.1. The molecule has 22 nitrogen and oxygen atoms in total. The number of aliphatic imine (C=N–C) groups is 1. The Morgan fingerprint density at radius 1 is 0.313 bits per heavy atom. The van der Waals surface area contributed by atoms with Crippen LogP contribution in [0.3, 0.4) is 0 Å². The van der Waals surface area contributed by atoms with Crippen LogP contribution < -0.4 is 57.0 Å². The monoisotopic (exact) mass is 2180 g/mol. The van der Waals surface area contributed by atoms with E-state index in [0.717, 1.165) is 201 Å². The third-order valence-corrected chi connectivity index (χ3v) is 33.8. The molecule has 5 aromatic carbocycles. The smallest absolute Gasteiger partial charge is 0.175 e. The average molecular weight is 2190 g/mol. The van der Waals surface area contributed by atoms with E-state index in [-0.39, 0.29) is 0 Å². The van der Waals surface area contributed by atoms with E-state index >= 15 is 0 Å². The van der Waals surface area contributed by atoms with Crippen LogP contribution in [0, 0.1) is 166 Å². The predicted octanol–water partition coefficient (Wildman–Crippen LogP) is 30.7. The summed E-state index contributed by atoms with van der Waals surface area (Å²) in [6.45, 7) is 59.7. The van der Waals surface area contributed by atoms with E-state index in [4.69, 9.17) is 61.5 Å². The van der Waals surface area contributed by atoms with Gasteiger partial charge in [0.15, 0.2) is 46.0 Å². The van der Waals surface area contributed by atoms with E-state index < -0.39 is 0 Å². The van der Waals surface area contributed by atoms with Crippen LogP contribution in [0.5, 0.6) is 63.2 Å². The van der Waals surface area contributed by atoms with Crippen molar-refractivity contribution >= 4 is 134 Å². The third kappa shape index (κ3) is 31.6. The van der Waals surface area contributed by atoms with E-state index in [1.807, 2.05) is 153 Å². The van der Waals surface area contributed by atoms with E-state index in [2.05, 4.69) is 277 Å². The van der Waals surface area contributed by atoms with Gasteiger partial charge in [0.2, 0.25) is 0 Å². The SMILES string of the molecule is CC1=Nc2ccc(-c3ccc4nc(-c5cccc(C)c5)[nH]c4c3)cc2C1.Cc1[nH]c(C)c2c1OCCCO2.Cc1[nH]c(C)c2c1OCCO2.Cc1[nH]c(C)c2c1SCCS2.Cc1[se]c(C)c2c1OCCO2.Cc1ccc(C)[nH]1.Cc1ccc(C)o1.Cc1ccc(C)s1.Cc1ccc(N(C)C)cc1.Cc1ccc2nc(C)[nH]c2c1.Cc1sc(C)c2c1OCCCO2.Cc1sc(C)c2c1OCCO2.Cc1sc(C)c2c1OCCS2. The minimum atomic E-state index is 0.481. The number of aryl methyl sites for hydroxylation is 24. The normalized spacial score (nSPS) is 13.5. The molecule has 12 aromatic heterocycles. The zero-order valence-corrected chi connectivity index (χ0v) is 97.7. The molecule has 8 aliphatic rings. The zero-order chi connectivity index (χ0) is 105. The van der Waals surface area contributed by atoms with Gasteiger partial charge in [-0.3, -0.25) is 4.99 Å². The molecule has 6 N–H and O–H groups in total. The van der Waals surface area contributed by atoms with Crippen molar-refractivity contribution in [3.8, 4) is 85.8 Å². The Labute approximate surface area is 902 Å². The van der Waals surface area contributed by atoms with Crippen LogP contribution in [0.2, 0.25) is 0 Å². The van der Waals surface area contributed by atoms with Crippen LogP contribution in [0.4, 0.5) is 11.4 Å². The molecule has 0 atom stereocenters. The third-order valence-electron chi connectivity index (χ3n) is 23.8. The number of aromatic nitrogens is 8. The minimum absolute atomic E-state index is 0.481. The van der Waals surface area contributed by atoms with Crippen molar-refractivity contribution in [2.24, 2.45) is 4.99 Å². The molecule has 8 aliphatic heterocycles. The fraction of sp³-hybridized carbons (Fsp3) is 0.376. The number of benzene rings is 5. The molecule has 0 spiro atoms. The number of rotatable bonds is 3. The number of anilines is 1. The van der Waals surface area contributed by atoms with Gasteiger partial charge in [-0.15, -0.1) is 80.6 Å². The second-order valence-electron chi connectivity index (χ2n) is 36.9. The fourth-order valence-corrected chi connectivity index (χ4v) is 26.3. The summed E-state index contributed by atoms with van der Waals surface area (Å²) in [7, 11) is 4.09. The second kappa shape index (κ2) is 54.1. The van der Waals surface area contributed by atoms with Gasteiger partial charge in [-0.1, -0.05) is 59.7 Å². The number of thioether (sulfide) groups is 3. The molecule has 0 unspecified atom stereocenters. The van der Waals surface area contributed by atoms with Crippen molar-refractivity contribution in [1.82, 2.24) is 39.9 Å². The summed E-state index contributed by atoms with van der Waals surface area (Å²) >= 11 is 13.5. The molecule has 0 amide bonds. The Morgan fingerprint density at radius 2 is 0.735 bits per heavy atom. The minimum Gasteiger partial charge on any atom is -0.490 e. The van der Waals surface area contributed by atoms with Crippen LogP contribution in [-0.4, -0.2) is 164 Å². The first kappa shape index (κ1) is 113. The first-order valence-corrected chi connectivity index (χ1v) is 57.8. The molecule has 0 radical (unpaired) electrons. The standard InChI is InChI=1S/C23H19N3.C9H10N2.C9H13NO2.C9H13N.C9H12O2S.C8H11NO2.C8H11NS2.C8H10O2S.C8H10O2Se.C8H10OS2.C6H9N.C6H8O.C6H8S/c1-14-4-3-5-18(10-14)23-25-21-9-7-17(13-22(21)26-23)16-6-8-20-19(12-16)11-15(2)24-20;1-6-3-4-8-9(5-6)11-7(2)10-8;1-6-8-9(7(2)10-6)12-5-3-4-11-8;1-8-4-6-9(7-5-8)10(2)3;1-6-8-9(7(2)12-6)11-5-3-4-10-8;2*1-5-7-8(6(2)9-5)11-4-3-10-7;3*1-5-7-8(6(2)11-5)10-4-3-9-7;3*1-5-3-4-6(2)7-5/h3-10,12-13H,11H2,1-2H3,(H,25,26);3-5H,1-2H3,(H,10,11);10H,3-5H2,1-2H3;4-7H,1-3H3;3-5H2,1-2H3;2*9H,3-4H2,1-2H3;3*3-4H2,1-2H3;3-4,7H,1-2H3;2*3-4H,1-2H3. The van der Waals surface area contributed by atoms with Crippen molar-refractivity contribution in [3.05, 3.63) is 273 Å². The quantitative estimate of drug-likeness (QED) is 0.0900. The number of fused-ring (bicyclic) bond motifs is 10. The summed E-state index contributed by atoms with van der Waals surface area (Å²) in [6.07, 6.45) is 2.90. The molecule has 17 aromatic rings. The average Bonchev–Trinajstić information content (AvgIpc) is 1.62. The summed E-state index contributed by atoms with van der Waals surface area (Å²) in [5.41, 5.74) is 25.8. The molecule has 25 rings (SSSR count). The molecule has 0 fully saturated rings. The second-order valence-corrected chi connectivity index (χ2v) is 49.0. The van der Waals surface area contributed by atoms with Gasteiger partial charge < -0.3 is 81.9 Å². The number of nitrogens with zero attached hydrogens (tertiary/aromatic N) is 4. The van der Waals surface area contributed by atoms with Crippen molar-refractivity contribution in [2.75, 3.05) is 109 Å². The molecular weight excluding hydrogens is 2040 g/mol. The molecule has 30 heteroatoms. The van der Waals surface area contributed by atoms with Gasteiger partial charge in [0.05, 0.1) is 88.5 Å². The molecule has 147 heavy (non-hydrogen) atoms. The molecule has 0 bridgehead atoms. The van der Waals surface area contributed by atoms with E-state index in [1.165, 1.54) is 142 Å². The van der Waals surface area contributed by atoms with E-state index in [9.17, 15) is 0 Å². The predicted molar refractivity (Wildman–Crippen MR) is 618 cm³/mol. The Morgan fingerprint density at radius 3 is 1.20 bits per heavy atom. The summed E-state index contributed by atoms with van der Waals surface area (Å²) < 4.78 is 68.4. The number of furan rings is 1. The Balaban J connectivity index is 0.000000135. The summed E-state index contributed by atoms with van der Waals surface area (Å²) in [6, 6.07) is 48.4. The summed E-state index contributed by atoms with van der Waals surface area (Å²) in [4.78, 5) is 50.0. The molecule has 0 saturated heterocycles. The topological polar surface area (TPSA) is 251 Å². The maximum atomic E-state index is 5.59.